The molecule has 0 radical (unpaired) electrons. The van der Waals surface area contributed by atoms with Crippen molar-refractivity contribution in [1.29, 1.82) is 0 Å². The first-order chi connectivity index (χ1) is 9.34. The summed E-state index contributed by atoms with van der Waals surface area (Å²) in [6.45, 7) is 0.309. The number of benzene rings is 2. The molecule has 0 saturated carbocycles. The molecule has 1 heterocycles. The van der Waals surface area contributed by atoms with Gasteiger partial charge in [0.2, 0.25) is 0 Å². The molecular weight excluding hydrogens is 258 g/mol. The van der Waals surface area contributed by atoms with Crippen LogP contribution in [0.15, 0.2) is 59.5 Å². The molecule has 0 fully saturated rings. The Bertz CT molecular complexity index is 586. The standard InChI is InChI=1S/C15H13NO2S/c17-15(18-10-12-6-2-1-3-7-12)16-11-19-14-9-5-4-8-13(14)16/h1-9H,10-11H2. The molecule has 3 nitrogen and oxygen atoms in total. The van der Waals surface area contributed by atoms with Gasteiger partial charge in [-0.3, -0.25) is 4.90 Å². The fraction of sp³-hybridized carbons (Fsp3) is 0.133. The van der Waals surface area contributed by atoms with Gasteiger partial charge in [0.1, 0.15) is 6.61 Å². The van der Waals surface area contributed by atoms with Crippen molar-refractivity contribution in [2.24, 2.45) is 0 Å². The number of nitrogens with zero attached hydrogens (tertiary/aromatic N) is 1. The van der Waals surface area contributed by atoms with E-state index >= 15 is 0 Å². The summed E-state index contributed by atoms with van der Waals surface area (Å²) < 4.78 is 5.34. The van der Waals surface area contributed by atoms with Gasteiger partial charge in [-0.25, -0.2) is 4.79 Å². The normalized spacial score (nSPS) is 13.2. The molecule has 4 heteroatoms. The zero-order chi connectivity index (χ0) is 13.1. The van der Waals surface area contributed by atoms with E-state index < -0.39 is 0 Å². The number of para-hydroxylation sites is 1. The molecule has 0 aliphatic carbocycles. The van der Waals surface area contributed by atoms with Crippen molar-refractivity contribution in [3.8, 4) is 0 Å². The summed E-state index contributed by atoms with van der Waals surface area (Å²) in [5.41, 5.74) is 1.93. The molecular formula is C15H13NO2S. The molecule has 1 amide bonds. The molecule has 0 aromatic heterocycles. The van der Waals surface area contributed by atoms with Gasteiger partial charge in [0.15, 0.2) is 0 Å². The Morgan fingerprint density at radius 2 is 1.84 bits per heavy atom. The van der Waals surface area contributed by atoms with Gasteiger partial charge in [0.05, 0.1) is 11.6 Å². The Morgan fingerprint density at radius 3 is 2.68 bits per heavy atom. The van der Waals surface area contributed by atoms with Crippen LogP contribution in [0.2, 0.25) is 0 Å². The lowest BCUT2D eigenvalue weighted by Gasteiger charge is -2.16. The Hall–Kier alpha value is -1.94. The molecule has 0 unspecified atom stereocenters. The highest BCUT2D eigenvalue weighted by molar-refractivity contribution is 8.00. The molecule has 0 saturated heterocycles. The number of ether oxygens (including phenoxy) is 1. The molecule has 19 heavy (non-hydrogen) atoms. The Kier molecular flexibility index (Phi) is 3.42. The Morgan fingerprint density at radius 1 is 1.11 bits per heavy atom. The van der Waals surface area contributed by atoms with Crippen molar-refractivity contribution in [1.82, 2.24) is 0 Å². The zero-order valence-electron chi connectivity index (χ0n) is 10.3. The highest BCUT2D eigenvalue weighted by Crippen LogP contribution is 2.38. The molecule has 2 aromatic rings. The van der Waals surface area contributed by atoms with Crippen LogP contribution >= 0.6 is 11.8 Å². The third-order valence-electron chi connectivity index (χ3n) is 2.93. The highest BCUT2D eigenvalue weighted by Gasteiger charge is 2.25. The molecule has 0 N–H and O–H groups in total. The van der Waals surface area contributed by atoms with E-state index in [1.54, 1.807) is 16.7 Å². The van der Waals surface area contributed by atoms with Crippen molar-refractivity contribution in [2.75, 3.05) is 10.8 Å². The molecule has 1 aliphatic heterocycles. The average Bonchev–Trinajstić information content (AvgIpc) is 2.90. The number of anilines is 1. The van der Waals surface area contributed by atoms with E-state index in [0.717, 1.165) is 16.1 Å². The van der Waals surface area contributed by atoms with Crippen molar-refractivity contribution >= 4 is 23.5 Å². The van der Waals surface area contributed by atoms with Crippen LogP contribution < -0.4 is 4.90 Å². The van der Waals surface area contributed by atoms with Gasteiger partial charge in [-0.15, -0.1) is 11.8 Å². The number of amides is 1. The number of carbonyl (C=O) groups is 1. The van der Waals surface area contributed by atoms with Gasteiger partial charge in [-0.1, -0.05) is 42.5 Å². The first-order valence-corrected chi connectivity index (χ1v) is 7.03. The molecule has 0 bridgehead atoms. The van der Waals surface area contributed by atoms with Gasteiger partial charge in [0, 0.05) is 4.90 Å². The molecule has 0 spiro atoms. The molecule has 1 aliphatic rings. The average molecular weight is 271 g/mol. The van der Waals surface area contributed by atoms with Crippen molar-refractivity contribution in [3.63, 3.8) is 0 Å². The Labute approximate surface area is 116 Å². The Balaban J connectivity index is 1.66. The van der Waals surface area contributed by atoms with Crippen LogP contribution in [-0.4, -0.2) is 12.0 Å². The number of thioether (sulfide) groups is 1. The predicted octanol–water partition coefficient (Wildman–Crippen LogP) is 3.89. The maximum atomic E-state index is 12.1. The highest BCUT2D eigenvalue weighted by atomic mass is 32.2. The van der Waals surface area contributed by atoms with E-state index in [2.05, 4.69) is 0 Å². The largest absolute Gasteiger partial charge is 0.444 e. The van der Waals surface area contributed by atoms with Crippen molar-refractivity contribution in [2.45, 2.75) is 11.5 Å². The fourth-order valence-electron chi connectivity index (χ4n) is 1.95. The molecule has 0 atom stereocenters. The van der Waals surface area contributed by atoms with Crippen LogP contribution in [-0.2, 0) is 11.3 Å². The summed E-state index contributed by atoms with van der Waals surface area (Å²) in [6.07, 6.45) is -0.290. The van der Waals surface area contributed by atoms with E-state index in [-0.39, 0.29) is 6.09 Å². The number of rotatable bonds is 2. The maximum absolute atomic E-state index is 12.1. The predicted molar refractivity (Wildman–Crippen MR) is 76.3 cm³/mol. The second-order valence-corrected chi connectivity index (χ2v) is 5.20. The van der Waals surface area contributed by atoms with E-state index in [0.29, 0.717) is 12.5 Å². The lowest BCUT2D eigenvalue weighted by molar-refractivity contribution is 0.148. The van der Waals surface area contributed by atoms with Gasteiger partial charge in [-0.2, -0.15) is 0 Å². The minimum Gasteiger partial charge on any atom is -0.444 e. The third-order valence-corrected chi connectivity index (χ3v) is 3.97. The summed E-state index contributed by atoms with van der Waals surface area (Å²) in [5, 5.41) is 0. The summed E-state index contributed by atoms with van der Waals surface area (Å²) in [4.78, 5) is 14.9. The summed E-state index contributed by atoms with van der Waals surface area (Å²) in [5.74, 6) is 0.618. The minimum absolute atomic E-state index is 0.290. The minimum atomic E-state index is -0.290. The summed E-state index contributed by atoms with van der Waals surface area (Å²) in [7, 11) is 0. The topological polar surface area (TPSA) is 29.5 Å². The quantitative estimate of drug-likeness (QED) is 0.829. The number of carbonyl (C=O) groups excluding carboxylic acids is 1. The molecule has 3 rings (SSSR count). The second kappa shape index (κ2) is 5.36. The van der Waals surface area contributed by atoms with Gasteiger partial charge >= 0.3 is 6.09 Å². The van der Waals surface area contributed by atoms with Gasteiger partial charge in [-0.05, 0) is 17.7 Å². The summed E-state index contributed by atoms with van der Waals surface area (Å²) >= 11 is 1.65. The van der Waals surface area contributed by atoms with Gasteiger partial charge in [0.25, 0.3) is 0 Å². The van der Waals surface area contributed by atoms with Crippen LogP contribution in [0.1, 0.15) is 5.56 Å². The smallest absolute Gasteiger partial charge is 0.415 e. The van der Waals surface area contributed by atoms with Crippen LogP contribution in [0.4, 0.5) is 10.5 Å². The molecule has 2 aromatic carbocycles. The van der Waals surface area contributed by atoms with Crippen molar-refractivity contribution in [3.05, 3.63) is 60.2 Å². The van der Waals surface area contributed by atoms with E-state index in [1.807, 2.05) is 54.6 Å². The SMILES string of the molecule is O=C(OCc1ccccc1)N1CSc2ccccc21. The van der Waals surface area contributed by atoms with Crippen LogP contribution in [0, 0.1) is 0 Å². The van der Waals surface area contributed by atoms with Gasteiger partial charge < -0.3 is 4.74 Å². The van der Waals surface area contributed by atoms with Crippen LogP contribution in [0.25, 0.3) is 0 Å². The first kappa shape index (κ1) is 12.1. The number of hydrogen-bond donors (Lipinski definition) is 0. The lowest BCUT2D eigenvalue weighted by Crippen LogP contribution is -2.28. The van der Waals surface area contributed by atoms with E-state index in [1.165, 1.54) is 0 Å². The van der Waals surface area contributed by atoms with Crippen molar-refractivity contribution < 1.29 is 9.53 Å². The monoisotopic (exact) mass is 271 g/mol. The van der Waals surface area contributed by atoms with Crippen LogP contribution in [0.5, 0.6) is 0 Å². The van der Waals surface area contributed by atoms with E-state index in [4.69, 9.17) is 4.74 Å². The zero-order valence-corrected chi connectivity index (χ0v) is 11.1. The van der Waals surface area contributed by atoms with Crippen LogP contribution in [0.3, 0.4) is 0 Å². The second-order valence-electron chi connectivity index (χ2n) is 4.21. The summed E-state index contributed by atoms with van der Waals surface area (Å²) in [6, 6.07) is 17.6. The molecule has 96 valence electrons. The number of fused-ring (bicyclic) bond motifs is 1. The third kappa shape index (κ3) is 2.58. The van der Waals surface area contributed by atoms with E-state index in [9.17, 15) is 4.79 Å². The maximum Gasteiger partial charge on any atom is 0.415 e. The number of hydrogen-bond acceptors (Lipinski definition) is 3. The lowest BCUT2D eigenvalue weighted by atomic mass is 10.2. The fourth-order valence-corrected chi connectivity index (χ4v) is 2.97. The first-order valence-electron chi connectivity index (χ1n) is 6.04.